The predicted octanol–water partition coefficient (Wildman–Crippen LogP) is 0.522. The summed E-state index contributed by atoms with van der Waals surface area (Å²) in [6.45, 7) is 3.09. The molecular weight excluding hydrogens is 284 g/mol. The molecule has 7 heteroatoms. The van der Waals surface area contributed by atoms with E-state index in [-0.39, 0.29) is 25.0 Å². The first kappa shape index (κ1) is 14.4. The lowest BCUT2D eigenvalue weighted by molar-refractivity contribution is -0.129. The largest absolute Gasteiger partial charge is 0.351 e. The summed E-state index contributed by atoms with van der Waals surface area (Å²) < 4.78 is 0. The quantitative estimate of drug-likeness (QED) is 0.808. The molecule has 1 atom stereocenters. The van der Waals surface area contributed by atoms with Gasteiger partial charge in [-0.3, -0.25) is 9.69 Å². The Morgan fingerprint density at radius 1 is 1.32 bits per heavy atom. The van der Waals surface area contributed by atoms with Crippen molar-refractivity contribution in [2.45, 2.75) is 19.5 Å². The summed E-state index contributed by atoms with van der Waals surface area (Å²) in [5, 5.41) is 0. The van der Waals surface area contributed by atoms with Crippen LogP contribution < -0.4 is 5.73 Å². The summed E-state index contributed by atoms with van der Waals surface area (Å²) in [4.78, 5) is 40.4. The van der Waals surface area contributed by atoms with Gasteiger partial charge in [0.1, 0.15) is 6.04 Å². The standard InChI is InChI=1S/C15H18N4O3/c1-10-3-2-4-11(7-10)8-19-13(20)12-9-17(14(16)21)5-6-18(12)15(19)22/h2-4,7,12H,5-6,8-9H2,1H3,(H2,16,21). The topological polar surface area (TPSA) is 87.0 Å². The molecule has 2 fully saturated rings. The van der Waals surface area contributed by atoms with Crippen molar-refractivity contribution < 1.29 is 14.4 Å². The van der Waals surface area contributed by atoms with E-state index in [1.165, 1.54) is 14.7 Å². The van der Waals surface area contributed by atoms with Crippen molar-refractivity contribution in [1.29, 1.82) is 0 Å². The van der Waals surface area contributed by atoms with E-state index in [9.17, 15) is 14.4 Å². The molecule has 1 aromatic carbocycles. The zero-order valence-electron chi connectivity index (χ0n) is 12.4. The highest BCUT2D eigenvalue weighted by molar-refractivity contribution is 6.04. The monoisotopic (exact) mass is 302 g/mol. The van der Waals surface area contributed by atoms with E-state index in [2.05, 4.69) is 0 Å². The summed E-state index contributed by atoms with van der Waals surface area (Å²) in [7, 11) is 0. The number of piperazine rings is 1. The average molecular weight is 302 g/mol. The van der Waals surface area contributed by atoms with Gasteiger partial charge in [-0.15, -0.1) is 0 Å². The Morgan fingerprint density at radius 3 is 2.77 bits per heavy atom. The summed E-state index contributed by atoms with van der Waals surface area (Å²) in [5.41, 5.74) is 7.25. The Bertz CT molecular complexity index is 645. The molecule has 2 heterocycles. The molecular formula is C15H18N4O3. The van der Waals surface area contributed by atoms with Gasteiger partial charge >= 0.3 is 12.1 Å². The number of nitrogens with zero attached hydrogens (tertiary/aromatic N) is 3. The van der Waals surface area contributed by atoms with E-state index >= 15 is 0 Å². The molecule has 1 aromatic rings. The normalized spacial score (nSPS) is 21.3. The Balaban J connectivity index is 1.78. The van der Waals surface area contributed by atoms with Gasteiger partial charge in [0.05, 0.1) is 13.1 Å². The summed E-state index contributed by atoms with van der Waals surface area (Å²) in [6.07, 6.45) is 0. The fourth-order valence-corrected chi connectivity index (χ4v) is 2.99. The molecule has 0 radical (unpaired) electrons. The molecule has 5 amide bonds. The van der Waals surface area contributed by atoms with Gasteiger partial charge in [0.25, 0.3) is 5.91 Å². The van der Waals surface area contributed by atoms with Crippen molar-refractivity contribution in [3.63, 3.8) is 0 Å². The lowest BCUT2D eigenvalue weighted by atomic mass is 10.1. The molecule has 2 aliphatic rings. The van der Waals surface area contributed by atoms with Crippen LogP contribution in [0, 0.1) is 6.92 Å². The summed E-state index contributed by atoms with van der Waals surface area (Å²) in [6, 6.07) is 6.24. The van der Waals surface area contributed by atoms with Crippen LogP contribution in [0.5, 0.6) is 0 Å². The second-order valence-corrected chi connectivity index (χ2v) is 5.69. The van der Waals surface area contributed by atoms with E-state index in [1.807, 2.05) is 31.2 Å². The molecule has 0 aromatic heterocycles. The van der Waals surface area contributed by atoms with E-state index in [1.54, 1.807) is 0 Å². The van der Waals surface area contributed by atoms with Crippen LogP contribution in [0.2, 0.25) is 0 Å². The molecule has 2 N–H and O–H groups in total. The predicted molar refractivity (Wildman–Crippen MR) is 78.8 cm³/mol. The highest BCUT2D eigenvalue weighted by Crippen LogP contribution is 2.24. The van der Waals surface area contributed by atoms with Gasteiger partial charge in [-0.2, -0.15) is 0 Å². The highest BCUT2D eigenvalue weighted by atomic mass is 16.2. The Labute approximate surface area is 128 Å². The molecule has 0 saturated carbocycles. The Kier molecular flexibility index (Phi) is 3.48. The van der Waals surface area contributed by atoms with Gasteiger partial charge in [-0.05, 0) is 12.5 Å². The van der Waals surface area contributed by atoms with Crippen LogP contribution in [0.1, 0.15) is 11.1 Å². The number of aryl methyl sites for hydroxylation is 1. The molecule has 7 nitrogen and oxygen atoms in total. The maximum Gasteiger partial charge on any atom is 0.327 e. The second-order valence-electron chi connectivity index (χ2n) is 5.69. The number of primary amides is 1. The smallest absolute Gasteiger partial charge is 0.327 e. The number of fused-ring (bicyclic) bond motifs is 1. The molecule has 0 spiro atoms. The molecule has 1 unspecified atom stereocenters. The Hall–Kier alpha value is -2.57. The average Bonchev–Trinajstić information content (AvgIpc) is 2.72. The van der Waals surface area contributed by atoms with Gasteiger partial charge in [0, 0.05) is 13.1 Å². The molecule has 2 saturated heterocycles. The van der Waals surface area contributed by atoms with Gasteiger partial charge in [0.2, 0.25) is 0 Å². The van der Waals surface area contributed by atoms with Crippen LogP contribution in [0.4, 0.5) is 9.59 Å². The lowest BCUT2D eigenvalue weighted by Gasteiger charge is -2.34. The van der Waals surface area contributed by atoms with Crippen LogP contribution in [-0.2, 0) is 11.3 Å². The molecule has 2 aliphatic heterocycles. The minimum absolute atomic E-state index is 0.171. The minimum Gasteiger partial charge on any atom is -0.351 e. The minimum atomic E-state index is -0.612. The van der Waals surface area contributed by atoms with Gasteiger partial charge in [0.15, 0.2) is 0 Å². The Morgan fingerprint density at radius 2 is 2.09 bits per heavy atom. The third-order valence-electron chi connectivity index (χ3n) is 4.14. The first-order chi connectivity index (χ1) is 10.5. The number of hydrogen-bond donors (Lipinski definition) is 1. The zero-order chi connectivity index (χ0) is 15.9. The van der Waals surface area contributed by atoms with E-state index in [4.69, 9.17) is 5.73 Å². The zero-order valence-corrected chi connectivity index (χ0v) is 12.4. The molecule has 0 aliphatic carbocycles. The van der Waals surface area contributed by atoms with E-state index in [0.717, 1.165) is 11.1 Å². The number of benzene rings is 1. The van der Waals surface area contributed by atoms with Crippen molar-refractivity contribution in [2.75, 3.05) is 19.6 Å². The van der Waals surface area contributed by atoms with Crippen LogP contribution in [0.25, 0.3) is 0 Å². The number of amides is 5. The van der Waals surface area contributed by atoms with Gasteiger partial charge in [-0.25, -0.2) is 9.59 Å². The van der Waals surface area contributed by atoms with E-state index in [0.29, 0.717) is 13.1 Å². The number of carbonyl (C=O) groups excluding carboxylic acids is 3. The van der Waals surface area contributed by atoms with Crippen molar-refractivity contribution in [2.24, 2.45) is 5.73 Å². The lowest BCUT2D eigenvalue weighted by Crippen LogP contribution is -2.55. The number of urea groups is 2. The van der Waals surface area contributed by atoms with Crippen molar-refractivity contribution in [3.05, 3.63) is 35.4 Å². The van der Waals surface area contributed by atoms with Gasteiger partial charge in [-0.1, -0.05) is 29.8 Å². The van der Waals surface area contributed by atoms with Crippen molar-refractivity contribution in [3.8, 4) is 0 Å². The summed E-state index contributed by atoms with van der Waals surface area (Å²) >= 11 is 0. The van der Waals surface area contributed by atoms with Crippen molar-refractivity contribution in [1.82, 2.24) is 14.7 Å². The number of imide groups is 1. The van der Waals surface area contributed by atoms with Crippen LogP contribution in [0.3, 0.4) is 0 Å². The summed E-state index contributed by atoms with van der Waals surface area (Å²) in [5.74, 6) is -0.266. The highest BCUT2D eigenvalue weighted by Gasteiger charge is 2.47. The molecule has 0 bridgehead atoms. The molecule has 116 valence electrons. The fourth-order valence-electron chi connectivity index (χ4n) is 2.99. The van der Waals surface area contributed by atoms with Crippen LogP contribution in [0.15, 0.2) is 24.3 Å². The first-order valence-electron chi connectivity index (χ1n) is 7.19. The third-order valence-corrected chi connectivity index (χ3v) is 4.14. The van der Waals surface area contributed by atoms with E-state index < -0.39 is 12.1 Å². The SMILES string of the molecule is Cc1cccc(CN2C(=O)C3CN(C(N)=O)CCN3C2=O)c1. The number of nitrogens with two attached hydrogens (primary N) is 1. The maximum absolute atomic E-state index is 12.5. The number of rotatable bonds is 2. The first-order valence-corrected chi connectivity index (χ1v) is 7.19. The fraction of sp³-hybridized carbons (Fsp3) is 0.400. The van der Waals surface area contributed by atoms with Gasteiger partial charge < -0.3 is 15.5 Å². The number of hydrogen-bond acceptors (Lipinski definition) is 3. The maximum atomic E-state index is 12.5. The molecule has 3 rings (SSSR count). The van der Waals surface area contributed by atoms with Crippen LogP contribution >= 0.6 is 0 Å². The number of carbonyl (C=O) groups is 3. The second kappa shape index (κ2) is 5.32. The van der Waals surface area contributed by atoms with Crippen LogP contribution in [-0.4, -0.2) is 58.3 Å². The van der Waals surface area contributed by atoms with Crippen molar-refractivity contribution >= 4 is 18.0 Å². The third kappa shape index (κ3) is 2.38. The molecule has 22 heavy (non-hydrogen) atoms.